The van der Waals surface area contributed by atoms with Gasteiger partial charge in [0.15, 0.2) is 0 Å². The number of benzene rings is 2. The van der Waals surface area contributed by atoms with Crippen molar-refractivity contribution in [1.29, 1.82) is 0 Å². The molecule has 0 aliphatic rings. The van der Waals surface area contributed by atoms with Gasteiger partial charge in [0.25, 0.3) is 6.43 Å². The number of rotatable bonds is 2. The summed E-state index contributed by atoms with van der Waals surface area (Å²) >= 11 is 11.6. The highest BCUT2D eigenvalue weighted by molar-refractivity contribution is 6.36. The summed E-state index contributed by atoms with van der Waals surface area (Å²) < 4.78 is 64.0. The van der Waals surface area contributed by atoms with Crippen LogP contribution in [0.25, 0.3) is 11.1 Å². The van der Waals surface area contributed by atoms with Gasteiger partial charge in [0.05, 0.1) is 5.56 Å². The van der Waals surface area contributed by atoms with Crippen molar-refractivity contribution in [3.8, 4) is 11.1 Å². The van der Waals surface area contributed by atoms with Gasteiger partial charge < -0.3 is 0 Å². The Balaban J connectivity index is 2.62. The molecule has 0 aromatic heterocycles. The Labute approximate surface area is 127 Å². The van der Waals surface area contributed by atoms with Crippen molar-refractivity contribution >= 4 is 23.2 Å². The molecule has 0 fully saturated rings. The minimum atomic E-state index is -4.87. The Kier molecular flexibility index (Phi) is 4.44. The van der Waals surface area contributed by atoms with Crippen LogP contribution < -0.4 is 0 Å². The SMILES string of the molecule is FC(F)c1ccc(-c2ccc(Cl)cc2Cl)cc1C(F)(F)F. The first-order valence-corrected chi connectivity index (χ1v) is 6.40. The minimum Gasteiger partial charge on any atom is -0.205 e. The maximum Gasteiger partial charge on any atom is 0.416 e. The molecule has 0 atom stereocenters. The standard InChI is InChI=1S/C14H7Cl2F5/c15-8-2-4-9(12(16)6-8)7-1-3-10(13(17)18)11(5-7)14(19,20)21/h1-6,13H. The molecule has 0 aliphatic carbocycles. The second-order valence-corrected chi connectivity index (χ2v) is 5.07. The third-order valence-electron chi connectivity index (χ3n) is 2.84. The Morgan fingerprint density at radius 1 is 0.905 bits per heavy atom. The zero-order chi connectivity index (χ0) is 15.8. The number of hydrogen-bond acceptors (Lipinski definition) is 0. The zero-order valence-corrected chi connectivity index (χ0v) is 11.7. The van der Waals surface area contributed by atoms with E-state index in [9.17, 15) is 22.0 Å². The van der Waals surface area contributed by atoms with Crippen LogP contribution in [0.4, 0.5) is 22.0 Å². The van der Waals surface area contributed by atoms with E-state index in [0.717, 1.165) is 6.07 Å². The van der Waals surface area contributed by atoms with Crippen molar-refractivity contribution in [3.63, 3.8) is 0 Å². The maximum atomic E-state index is 12.9. The topological polar surface area (TPSA) is 0 Å². The van der Waals surface area contributed by atoms with Crippen LogP contribution >= 0.6 is 23.2 Å². The molecule has 2 aromatic rings. The minimum absolute atomic E-state index is 0.0911. The van der Waals surface area contributed by atoms with Crippen molar-refractivity contribution in [1.82, 2.24) is 0 Å². The molecule has 0 amide bonds. The largest absolute Gasteiger partial charge is 0.416 e. The third-order valence-corrected chi connectivity index (χ3v) is 3.38. The second kappa shape index (κ2) is 5.81. The summed E-state index contributed by atoms with van der Waals surface area (Å²) in [5, 5.41) is 0.462. The Morgan fingerprint density at radius 2 is 1.57 bits per heavy atom. The predicted molar refractivity (Wildman–Crippen MR) is 71.9 cm³/mol. The average molecular weight is 341 g/mol. The van der Waals surface area contributed by atoms with Gasteiger partial charge in [0.2, 0.25) is 0 Å². The summed E-state index contributed by atoms with van der Waals surface area (Å²) in [5.74, 6) is 0. The lowest BCUT2D eigenvalue weighted by Gasteiger charge is -2.14. The summed E-state index contributed by atoms with van der Waals surface area (Å²) in [6, 6.07) is 6.85. The van der Waals surface area contributed by atoms with E-state index in [1.165, 1.54) is 24.3 Å². The van der Waals surface area contributed by atoms with Gasteiger partial charge in [-0.3, -0.25) is 0 Å². The lowest BCUT2D eigenvalue weighted by molar-refractivity contribution is -0.139. The molecule has 112 valence electrons. The monoisotopic (exact) mass is 340 g/mol. The number of alkyl halides is 5. The number of hydrogen-bond donors (Lipinski definition) is 0. The van der Waals surface area contributed by atoms with Crippen LogP contribution in [0.15, 0.2) is 36.4 Å². The van der Waals surface area contributed by atoms with Crippen molar-refractivity contribution in [2.45, 2.75) is 12.6 Å². The van der Waals surface area contributed by atoms with Gasteiger partial charge in [0.1, 0.15) is 0 Å². The molecule has 0 radical (unpaired) electrons. The van der Waals surface area contributed by atoms with Crippen LogP contribution in [-0.2, 0) is 6.18 Å². The zero-order valence-electron chi connectivity index (χ0n) is 10.2. The first kappa shape index (κ1) is 16.0. The normalized spacial score (nSPS) is 12.0. The van der Waals surface area contributed by atoms with Crippen LogP contribution in [0, 0.1) is 0 Å². The molecule has 0 spiro atoms. The van der Waals surface area contributed by atoms with Gasteiger partial charge in [-0.25, -0.2) is 8.78 Å². The highest BCUT2D eigenvalue weighted by Crippen LogP contribution is 2.40. The highest BCUT2D eigenvalue weighted by atomic mass is 35.5. The first-order valence-electron chi connectivity index (χ1n) is 5.65. The van der Waals surface area contributed by atoms with Gasteiger partial charge in [-0.15, -0.1) is 0 Å². The van der Waals surface area contributed by atoms with Crippen LogP contribution in [0.2, 0.25) is 10.0 Å². The van der Waals surface area contributed by atoms with Gasteiger partial charge in [-0.2, -0.15) is 13.2 Å². The molecular formula is C14H7Cl2F5. The molecule has 0 N–H and O–H groups in total. The summed E-state index contributed by atoms with van der Waals surface area (Å²) in [5.41, 5.74) is -2.06. The van der Waals surface area contributed by atoms with E-state index in [1.54, 1.807) is 0 Å². The van der Waals surface area contributed by atoms with E-state index in [2.05, 4.69) is 0 Å². The highest BCUT2D eigenvalue weighted by Gasteiger charge is 2.36. The lowest BCUT2D eigenvalue weighted by atomic mass is 9.99. The molecule has 2 rings (SSSR count). The van der Waals surface area contributed by atoms with E-state index in [1.807, 2.05) is 0 Å². The smallest absolute Gasteiger partial charge is 0.205 e. The molecule has 0 aliphatic heterocycles. The molecule has 0 unspecified atom stereocenters. The Hall–Kier alpha value is -1.33. The maximum absolute atomic E-state index is 12.9. The van der Waals surface area contributed by atoms with Crippen molar-refractivity contribution in [3.05, 3.63) is 57.6 Å². The summed E-state index contributed by atoms with van der Waals surface area (Å²) in [7, 11) is 0. The fourth-order valence-electron chi connectivity index (χ4n) is 1.88. The van der Waals surface area contributed by atoms with E-state index < -0.39 is 23.7 Å². The Morgan fingerprint density at radius 3 is 2.10 bits per heavy atom. The molecule has 2 aromatic carbocycles. The fourth-order valence-corrected chi connectivity index (χ4v) is 2.40. The molecule has 21 heavy (non-hydrogen) atoms. The van der Waals surface area contributed by atoms with E-state index in [4.69, 9.17) is 23.2 Å². The predicted octanol–water partition coefficient (Wildman–Crippen LogP) is 6.62. The number of halogens is 7. The molecule has 7 heteroatoms. The fraction of sp³-hybridized carbons (Fsp3) is 0.143. The summed E-state index contributed by atoms with van der Waals surface area (Å²) in [4.78, 5) is 0. The Bertz CT molecular complexity index is 665. The molecule has 0 saturated heterocycles. The van der Waals surface area contributed by atoms with Gasteiger partial charge in [-0.05, 0) is 23.8 Å². The second-order valence-electron chi connectivity index (χ2n) is 4.22. The van der Waals surface area contributed by atoms with Crippen molar-refractivity contribution < 1.29 is 22.0 Å². The molecule has 0 heterocycles. The molecular weight excluding hydrogens is 334 g/mol. The average Bonchev–Trinajstić information content (AvgIpc) is 2.37. The molecule has 0 saturated carbocycles. The first-order chi connectivity index (χ1) is 9.70. The van der Waals surface area contributed by atoms with E-state index in [-0.39, 0.29) is 16.1 Å². The van der Waals surface area contributed by atoms with Crippen LogP contribution in [-0.4, -0.2) is 0 Å². The van der Waals surface area contributed by atoms with Crippen molar-refractivity contribution in [2.75, 3.05) is 0 Å². The summed E-state index contributed by atoms with van der Waals surface area (Å²) in [6.07, 6.45) is -8.09. The third kappa shape index (κ3) is 3.47. The lowest BCUT2D eigenvalue weighted by Crippen LogP contribution is -2.09. The van der Waals surface area contributed by atoms with E-state index in [0.29, 0.717) is 11.1 Å². The van der Waals surface area contributed by atoms with Gasteiger partial charge in [-0.1, -0.05) is 41.4 Å². The van der Waals surface area contributed by atoms with E-state index >= 15 is 0 Å². The van der Waals surface area contributed by atoms with Crippen molar-refractivity contribution in [2.24, 2.45) is 0 Å². The van der Waals surface area contributed by atoms with Gasteiger partial charge >= 0.3 is 6.18 Å². The summed E-state index contributed by atoms with van der Waals surface area (Å²) in [6.45, 7) is 0. The van der Waals surface area contributed by atoms with Crippen LogP contribution in [0.3, 0.4) is 0 Å². The van der Waals surface area contributed by atoms with Crippen LogP contribution in [0.1, 0.15) is 17.6 Å². The van der Waals surface area contributed by atoms with Gasteiger partial charge in [0, 0.05) is 21.2 Å². The quantitative estimate of drug-likeness (QED) is 0.539. The van der Waals surface area contributed by atoms with Crippen LogP contribution in [0.5, 0.6) is 0 Å². The molecule has 0 nitrogen and oxygen atoms in total. The molecule has 0 bridgehead atoms.